The Kier molecular flexibility index (Phi) is 17.5. The van der Waals surface area contributed by atoms with E-state index in [1.54, 1.807) is 19.2 Å². The summed E-state index contributed by atoms with van der Waals surface area (Å²) < 4.78 is 11.4. The van der Waals surface area contributed by atoms with Crippen LogP contribution >= 0.6 is 0 Å². The summed E-state index contributed by atoms with van der Waals surface area (Å²) in [6, 6.07) is 46.6. The van der Waals surface area contributed by atoms with E-state index in [1.807, 2.05) is 188 Å². The minimum absolute atomic E-state index is 0.122. The highest BCUT2D eigenvalue weighted by atomic mass is 16.5. The van der Waals surface area contributed by atoms with Crippen molar-refractivity contribution >= 4 is 40.2 Å². The minimum atomic E-state index is -0.466. The molecule has 0 amide bonds. The Labute approximate surface area is 520 Å². The fourth-order valence-corrected chi connectivity index (χ4v) is 10.8. The number of rotatable bonds is 10. The van der Waals surface area contributed by atoms with Crippen molar-refractivity contribution in [2.24, 2.45) is 31.2 Å². The molecule has 89 heavy (non-hydrogen) atoms. The summed E-state index contributed by atoms with van der Waals surface area (Å²) in [6.45, 7) is 32.5. The van der Waals surface area contributed by atoms with Gasteiger partial charge in [-0.25, -0.2) is 4.85 Å². The van der Waals surface area contributed by atoms with Crippen molar-refractivity contribution in [3.8, 4) is 22.8 Å². The van der Waals surface area contributed by atoms with Gasteiger partial charge in [0, 0.05) is 63.3 Å². The molecular weight excluding hydrogens is 1110 g/mol. The number of para-hydroxylation sites is 3. The van der Waals surface area contributed by atoms with Gasteiger partial charge in [-0.05, 0) is 75.7 Å². The second-order valence-corrected chi connectivity index (χ2v) is 25.7. The van der Waals surface area contributed by atoms with Crippen LogP contribution in [0, 0.1) is 50.5 Å². The number of aliphatic imine (C=N–C) groups is 3. The number of nitrogens with zero attached hydrogens (tertiary/aromatic N) is 13. The van der Waals surface area contributed by atoms with E-state index in [-0.39, 0.29) is 36.2 Å². The van der Waals surface area contributed by atoms with Crippen LogP contribution in [0.4, 0.5) is 5.69 Å². The van der Waals surface area contributed by atoms with Gasteiger partial charge in [0.05, 0.1) is 47.9 Å². The lowest BCUT2D eigenvalue weighted by molar-refractivity contribution is -0.127. The Hall–Kier alpha value is -9.95. The van der Waals surface area contributed by atoms with Gasteiger partial charge in [0.25, 0.3) is 0 Å². The molecule has 3 aromatic heterocycles. The molecule has 0 N–H and O–H groups in total. The first-order valence-electron chi connectivity index (χ1n) is 29.9. The Balaban J connectivity index is 0.000000147. The van der Waals surface area contributed by atoms with E-state index in [0.717, 1.165) is 96.6 Å². The average molecular weight is 1190 g/mol. The van der Waals surface area contributed by atoms with Crippen LogP contribution in [0.3, 0.4) is 0 Å². The lowest BCUT2D eigenvalue weighted by atomic mass is 9.87. The number of fused-ring (bicyclic) bond motifs is 9. The molecule has 0 aliphatic carbocycles. The van der Waals surface area contributed by atoms with Gasteiger partial charge in [-0.15, -0.1) is 30.6 Å². The van der Waals surface area contributed by atoms with Crippen LogP contribution in [0.25, 0.3) is 21.9 Å². The third kappa shape index (κ3) is 13.0. The van der Waals surface area contributed by atoms with Crippen LogP contribution in [0.5, 0.6) is 5.75 Å². The Morgan fingerprint density at radius 2 is 0.719 bits per heavy atom. The van der Waals surface area contributed by atoms with Gasteiger partial charge in [0.1, 0.15) is 58.7 Å². The van der Waals surface area contributed by atoms with E-state index in [9.17, 15) is 14.4 Å². The van der Waals surface area contributed by atoms with Gasteiger partial charge in [-0.2, -0.15) is 0 Å². The monoisotopic (exact) mass is 1190 g/mol. The number of ether oxygens (including phenoxy) is 1. The molecule has 3 atom stereocenters. The highest BCUT2D eigenvalue weighted by Gasteiger charge is 2.36. The molecule has 452 valence electrons. The van der Waals surface area contributed by atoms with Crippen LogP contribution in [-0.2, 0) is 14.4 Å². The van der Waals surface area contributed by atoms with Crippen molar-refractivity contribution in [1.82, 2.24) is 44.3 Å². The Morgan fingerprint density at radius 3 is 1.01 bits per heavy atom. The molecule has 0 radical (unpaired) electrons. The zero-order valence-electron chi connectivity index (χ0n) is 53.2. The maximum absolute atomic E-state index is 12.9. The fraction of sp³-hybridized carbons (Fsp3) is 0.319. The number of Topliss-reactive ketones (excluding diaryl/α,β-unsaturated/α-hetero) is 3. The standard InChI is InChI=1S/C24H23N5O.C24H26N4O2.C24H26N4O/c1-15-27-28-23-19(14-21(30)24(2,3)4)26-22(16-10-12-17(25-5)13-11-16)18-8-6-7-9-20(18)29(15)23;1-15-26-27-23-19(14-21(29)24(2,3)4)25-22(16-10-12-17(30-5)13-11-16)18-8-6-7-9-20(18)28(15)23;1-15-10-12-17(13-11-15)22-18-8-6-7-9-20(18)28-16(2)26-27-23(28)19(25-22)14-21(29)24(3,4)5/h6-13,19H,14H2,1-4H3;6-13,19H,14H2,1-5H3;6-13,19H,14H2,1-5H3/t3*19-/m000/s1. The lowest BCUT2D eigenvalue weighted by Gasteiger charge is -2.19. The van der Waals surface area contributed by atoms with Crippen LogP contribution < -0.4 is 4.74 Å². The topological polar surface area (TPSA) is 194 Å². The molecule has 0 saturated carbocycles. The molecule has 9 aromatic rings. The molecule has 0 unspecified atom stereocenters. The molecule has 6 heterocycles. The second-order valence-electron chi connectivity index (χ2n) is 25.7. The van der Waals surface area contributed by atoms with Gasteiger partial charge in [-0.1, -0.05) is 171 Å². The van der Waals surface area contributed by atoms with Crippen LogP contribution in [0.15, 0.2) is 161 Å². The highest BCUT2D eigenvalue weighted by Crippen LogP contribution is 2.39. The van der Waals surface area contributed by atoms with Crippen LogP contribution in [0.2, 0.25) is 0 Å². The van der Waals surface area contributed by atoms with Gasteiger partial charge < -0.3 is 4.74 Å². The number of hydrogen-bond donors (Lipinski definition) is 0. The van der Waals surface area contributed by atoms with Crippen molar-refractivity contribution in [3.05, 3.63) is 231 Å². The number of benzene rings is 6. The summed E-state index contributed by atoms with van der Waals surface area (Å²) in [6.07, 6.45) is 0.819. The summed E-state index contributed by atoms with van der Waals surface area (Å²) in [5, 5.41) is 26.1. The molecule has 3 aliphatic rings. The van der Waals surface area contributed by atoms with E-state index in [0.29, 0.717) is 23.8 Å². The van der Waals surface area contributed by atoms with Crippen LogP contribution in [-0.4, -0.2) is 85.9 Å². The molecular formula is C72H75N13O4. The van der Waals surface area contributed by atoms with E-state index in [2.05, 4.69) is 84.8 Å². The molecule has 17 nitrogen and oxygen atoms in total. The predicted molar refractivity (Wildman–Crippen MR) is 348 cm³/mol. The number of methoxy groups -OCH3 is 1. The molecule has 0 fully saturated rings. The number of carbonyl (C=O) groups excluding carboxylic acids is 3. The molecule has 17 heteroatoms. The number of aryl methyl sites for hydroxylation is 4. The van der Waals surface area contributed by atoms with Crippen molar-refractivity contribution in [3.63, 3.8) is 0 Å². The molecule has 0 bridgehead atoms. The number of carbonyl (C=O) groups is 3. The van der Waals surface area contributed by atoms with Gasteiger partial charge in [-0.3, -0.25) is 43.1 Å². The van der Waals surface area contributed by atoms with Gasteiger partial charge in [0.2, 0.25) is 0 Å². The zero-order chi connectivity index (χ0) is 63.7. The summed E-state index contributed by atoms with van der Waals surface area (Å²) in [4.78, 5) is 57.4. The molecule has 3 aliphatic heterocycles. The highest BCUT2D eigenvalue weighted by molar-refractivity contribution is 6.17. The van der Waals surface area contributed by atoms with E-state index in [1.165, 1.54) is 5.56 Å². The van der Waals surface area contributed by atoms with Crippen molar-refractivity contribution in [1.29, 1.82) is 0 Å². The average Bonchev–Trinajstić information content (AvgIpc) is 1.68. The van der Waals surface area contributed by atoms with Crippen molar-refractivity contribution in [2.75, 3.05) is 7.11 Å². The van der Waals surface area contributed by atoms with E-state index in [4.69, 9.17) is 26.3 Å². The number of aromatic nitrogens is 9. The molecule has 0 saturated heterocycles. The van der Waals surface area contributed by atoms with E-state index >= 15 is 0 Å². The van der Waals surface area contributed by atoms with Gasteiger partial charge in [0.15, 0.2) is 23.2 Å². The normalized spacial score (nSPS) is 15.7. The number of hydrogen-bond acceptors (Lipinski definition) is 13. The van der Waals surface area contributed by atoms with Crippen LogP contribution in [0.1, 0.15) is 174 Å². The smallest absolute Gasteiger partial charge is 0.187 e. The molecule has 6 aromatic carbocycles. The van der Waals surface area contributed by atoms with Crippen molar-refractivity contribution in [2.45, 2.75) is 127 Å². The first-order chi connectivity index (χ1) is 42.3. The van der Waals surface area contributed by atoms with E-state index < -0.39 is 28.3 Å². The second kappa shape index (κ2) is 25.0. The Bertz CT molecular complexity index is 4290. The Morgan fingerprint density at radius 1 is 0.427 bits per heavy atom. The predicted octanol–water partition coefficient (Wildman–Crippen LogP) is 14.3. The summed E-state index contributed by atoms with van der Waals surface area (Å²) in [7, 11) is 1.65. The minimum Gasteiger partial charge on any atom is -0.497 e. The first kappa shape index (κ1) is 62.1. The SMILES string of the molecule is COc1ccc(C2=N[C@@H](CC(=O)C(C)(C)C)c3nnc(C)n3-c3ccccc32)cc1.Cc1ccc(C2=N[C@@H](CC(=O)C(C)(C)C)c3nnc(C)n3-c3ccccc32)cc1.[C-]#[N+]c1ccc(C2=N[C@@H](CC(=O)C(C)(C)C)c3nnc(C)n3-c3ccccc32)cc1. The molecule has 12 rings (SSSR count). The first-order valence-corrected chi connectivity index (χ1v) is 29.9. The third-order valence-corrected chi connectivity index (χ3v) is 16.1. The summed E-state index contributed by atoms with van der Waals surface area (Å²) in [5.74, 6) is 5.62. The van der Waals surface area contributed by atoms with Crippen molar-refractivity contribution < 1.29 is 19.1 Å². The lowest BCUT2D eigenvalue weighted by Crippen LogP contribution is -2.23. The zero-order valence-corrected chi connectivity index (χ0v) is 53.2. The fourth-order valence-electron chi connectivity index (χ4n) is 10.8. The quantitative estimate of drug-likeness (QED) is 0.119. The maximum Gasteiger partial charge on any atom is 0.187 e. The molecule has 0 spiro atoms. The maximum atomic E-state index is 12.9. The third-order valence-electron chi connectivity index (χ3n) is 16.1. The number of ketones is 3. The largest absolute Gasteiger partial charge is 0.497 e. The summed E-state index contributed by atoms with van der Waals surface area (Å²) in [5.41, 5.74) is 11.7. The summed E-state index contributed by atoms with van der Waals surface area (Å²) >= 11 is 0. The van der Waals surface area contributed by atoms with Gasteiger partial charge >= 0.3 is 0 Å².